The van der Waals surface area contributed by atoms with Crippen LogP contribution in [-0.4, -0.2) is 39.6 Å². The third-order valence-corrected chi connectivity index (χ3v) is 5.21. The van der Waals surface area contributed by atoms with Gasteiger partial charge >= 0.3 is 6.03 Å². The zero-order chi connectivity index (χ0) is 20.8. The number of aromatic nitrogens is 3. The van der Waals surface area contributed by atoms with E-state index in [1.54, 1.807) is 16.8 Å². The molecular weight excluding hydrogens is 406 g/mol. The van der Waals surface area contributed by atoms with Gasteiger partial charge in [-0.15, -0.1) is 0 Å². The minimum atomic E-state index is -0.548. The highest BCUT2D eigenvalue weighted by Crippen LogP contribution is 2.31. The number of carbonyl (C=O) groups is 2. The SMILES string of the molecule is CN(c1cccc(Cl)c1)c1cc(NC2CC2)n2ncc(C=C3NC(=O)NC3=O)c2n1. The molecule has 1 aliphatic carbocycles. The second-order valence-electron chi connectivity index (χ2n) is 7.26. The molecule has 2 aliphatic rings. The standard InChI is InChI=1S/C20H18ClN7O2/c1-27(14-4-2-3-12(21)8-14)16-9-17(23-13-5-6-13)28-18(25-16)11(10-22-28)7-15-19(29)26-20(30)24-15/h2-4,7-10,13,23H,5-6H2,1H3,(H2,24,26,29,30). The summed E-state index contributed by atoms with van der Waals surface area (Å²) in [7, 11) is 1.91. The Kier molecular flexibility index (Phi) is 4.32. The molecule has 0 unspecified atom stereocenters. The number of urea groups is 1. The van der Waals surface area contributed by atoms with E-state index in [1.165, 1.54) is 0 Å². The lowest BCUT2D eigenvalue weighted by molar-refractivity contribution is -0.115. The molecule has 0 bridgehead atoms. The van der Waals surface area contributed by atoms with Gasteiger partial charge in [0.25, 0.3) is 5.91 Å². The summed E-state index contributed by atoms with van der Waals surface area (Å²) in [6.45, 7) is 0. The first-order valence-corrected chi connectivity index (χ1v) is 9.84. The molecule has 10 heteroatoms. The van der Waals surface area contributed by atoms with Crippen molar-refractivity contribution >= 4 is 52.6 Å². The molecule has 3 N–H and O–H groups in total. The van der Waals surface area contributed by atoms with Gasteiger partial charge in [-0.1, -0.05) is 17.7 Å². The van der Waals surface area contributed by atoms with Crippen molar-refractivity contribution in [3.63, 3.8) is 0 Å². The van der Waals surface area contributed by atoms with Gasteiger partial charge in [0.05, 0.1) is 6.20 Å². The van der Waals surface area contributed by atoms with Crippen molar-refractivity contribution < 1.29 is 9.59 Å². The number of rotatable bonds is 5. The van der Waals surface area contributed by atoms with Crippen molar-refractivity contribution in [1.82, 2.24) is 25.2 Å². The van der Waals surface area contributed by atoms with E-state index in [-0.39, 0.29) is 5.70 Å². The van der Waals surface area contributed by atoms with Crippen LogP contribution in [-0.2, 0) is 4.79 Å². The Labute approximate surface area is 176 Å². The summed E-state index contributed by atoms with van der Waals surface area (Å²) in [5, 5.41) is 13.2. The third kappa shape index (κ3) is 3.43. The lowest BCUT2D eigenvalue weighted by atomic mass is 10.2. The quantitative estimate of drug-likeness (QED) is 0.430. The molecule has 1 aliphatic heterocycles. The first kappa shape index (κ1) is 18.4. The van der Waals surface area contributed by atoms with Crippen LogP contribution in [0.3, 0.4) is 0 Å². The number of benzene rings is 1. The van der Waals surface area contributed by atoms with Crippen LogP contribution < -0.4 is 20.9 Å². The van der Waals surface area contributed by atoms with Crippen LogP contribution in [0.1, 0.15) is 18.4 Å². The fraction of sp³-hybridized carbons (Fsp3) is 0.200. The fourth-order valence-corrected chi connectivity index (χ4v) is 3.42. The molecule has 1 saturated heterocycles. The van der Waals surface area contributed by atoms with Crippen LogP contribution in [0.15, 0.2) is 42.2 Å². The number of imide groups is 1. The monoisotopic (exact) mass is 423 g/mol. The fourth-order valence-electron chi connectivity index (χ4n) is 3.24. The van der Waals surface area contributed by atoms with Gasteiger partial charge in [0.15, 0.2) is 5.65 Å². The van der Waals surface area contributed by atoms with Crippen molar-refractivity contribution in [2.24, 2.45) is 0 Å². The van der Waals surface area contributed by atoms with Gasteiger partial charge in [-0.05, 0) is 37.1 Å². The molecule has 1 saturated carbocycles. The Morgan fingerprint density at radius 2 is 2.10 bits per heavy atom. The van der Waals surface area contributed by atoms with E-state index in [4.69, 9.17) is 16.6 Å². The number of anilines is 3. The normalized spacial score (nSPS) is 17.3. The summed E-state index contributed by atoms with van der Waals surface area (Å²) in [6.07, 6.45) is 5.40. The van der Waals surface area contributed by atoms with Gasteiger partial charge in [0, 0.05) is 35.4 Å². The minimum absolute atomic E-state index is 0.155. The summed E-state index contributed by atoms with van der Waals surface area (Å²) < 4.78 is 1.70. The maximum atomic E-state index is 11.9. The minimum Gasteiger partial charge on any atom is -0.367 e. The number of nitrogens with one attached hydrogen (secondary N) is 3. The Hall–Kier alpha value is -3.59. The number of carbonyl (C=O) groups excluding carboxylic acids is 2. The smallest absolute Gasteiger partial charge is 0.326 e. The van der Waals surface area contributed by atoms with Crippen LogP contribution in [0, 0.1) is 0 Å². The highest BCUT2D eigenvalue weighted by atomic mass is 35.5. The highest BCUT2D eigenvalue weighted by molar-refractivity contribution is 6.30. The summed E-state index contributed by atoms with van der Waals surface area (Å²) in [5.74, 6) is 1.01. The van der Waals surface area contributed by atoms with E-state index >= 15 is 0 Å². The summed E-state index contributed by atoms with van der Waals surface area (Å²) in [4.78, 5) is 30.0. The number of amides is 3. The van der Waals surface area contributed by atoms with Gasteiger partial charge < -0.3 is 15.5 Å². The predicted octanol–water partition coefficient (Wildman–Crippen LogP) is 2.91. The molecule has 152 valence electrons. The Bertz CT molecular complexity index is 1220. The molecule has 1 aromatic carbocycles. The van der Waals surface area contributed by atoms with Gasteiger partial charge in [0.2, 0.25) is 0 Å². The van der Waals surface area contributed by atoms with E-state index < -0.39 is 11.9 Å². The third-order valence-electron chi connectivity index (χ3n) is 4.97. The molecule has 0 atom stereocenters. The predicted molar refractivity (Wildman–Crippen MR) is 114 cm³/mol. The molecule has 3 heterocycles. The van der Waals surface area contributed by atoms with Crippen LogP contribution in [0.2, 0.25) is 5.02 Å². The molecule has 0 spiro atoms. The second-order valence-corrected chi connectivity index (χ2v) is 7.70. The van der Waals surface area contributed by atoms with Gasteiger partial charge in [-0.25, -0.2) is 9.78 Å². The Balaban J connectivity index is 1.61. The van der Waals surface area contributed by atoms with Crippen molar-refractivity contribution in [2.75, 3.05) is 17.3 Å². The molecule has 2 fully saturated rings. The zero-order valence-electron chi connectivity index (χ0n) is 16.0. The van der Waals surface area contributed by atoms with Gasteiger partial charge in [0.1, 0.15) is 17.3 Å². The number of halogens is 1. The molecular formula is C20H18ClN7O2. The maximum absolute atomic E-state index is 11.9. The average Bonchev–Trinajstić information content (AvgIpc) is 3.35. The van der Waals surface area contributed by atoms with Crippen LogP contribution in [0.4, 0.5) is 22.1 Å². The highest BCUT2D eigenvalue weighted by Gasteiger charge is 2.25. The molecule has 2 aromatic heterocycles. The van der Waals surface area contributed by atoms with Crippen molar-refractivity contribution in [2.45, 2.75) is 18.9 Å². The average molecular weight is 424 g/mol. The molecule has 3 aromatic rings. The largest absolute Gasteiger partial charge is 0.367 e. The summed E-state index contributed by atoms with van der Waals surface area (Å²) in [5.41, 5.74) is 2.22. The zero-order valence-corrected chi connectivity index (χ0v) is 16.8. The number of fused-ring (bicyclic) bond motifs is 1. The number of hydrogen-bond donors (Lipinski definition) is 3. The number of hydrogen-bond acceptors (Lipinski definition) is 6. The van der Waals surface area contributed by atoms with Gasteiger partial charge in [-0.2, -0.15) is 9.61 Å². The topological polar surface area (TPSA) is 104 Å². The van der Waals surface area contributed by atoms with E-state index in [0.717, 1.165) is 24.3 Å². The van der Waals surface area contributed by atoms with Crippen molar-refractivity contribution in [3.05, 3.63) is 52.8 Å². The van der Waals surface area contributed by atoms with Crippen molar-refractivity contribution in [3.8, 4) is 0 Å². The van der Waals surface area contributed by atoms with Gasteiger partial charge in [-0.3, -0.25) is 10.1 Å². The lowest BCUT2D eigenvalue weighted by Crippen LogP contribution is -2.22. The number of nitrogens with zero attached hydrogens (tertiary/aromatic N) is 4. The summed E-state index contributed by atoms with van der Waals surface area (Å²) >= 11 is 6.15. The van der Waals surface area contributed by atoms with E-state index in [0.29, 0.717) is 28.1 Å². The Morgan fingerprint density at radius 3 is 2.80 bits per heavy atom. The van der Waals surface area contributed by atoms with E-state index in [1.807, 2.05) is 42.3 Å². The van der Waals surface area contributed by atoms with Crippen LogP contribution in [0.5, 0.6) is 0 Å². The molecule has 0 radical (unpaired) electrons. The van der Waals surface area contributed by atoms with Crippen molar-refractivity contribution in [1.29, 1.82) is 0 Å². The summed E-state index contributed by atoms with van der Waals surface area (Å²) in [6, 6.07) is 9.30. The molecule has 9 nitrogen and oxygen atoms in total. The first-order valence-electron chi connectivity index (χ1n) is 9.46. The molecule has 5 rings (SSSR count). The second kappa shape index (κ2) is 7.03. The maximum Gasteiger partial charge on any atom is 0.326 e. The molecule has 3 amide bonds. The van der Waals surface area contributed by atoms with E-state index in [2.05, 4.69) is 21.0 Å². The van der Waals surface area contributed by atoms with E-state index in [9.17, 15) is 9.59 Å². The Morgan fingerprint density at radius 1 is 1.27 bits per heavy atom. The first-order chi connectivity index (χ1) is 14.5. The lowest BCUT2D eigenvalue weighted by Gasteiger charge is -2.20. The van der Waals surface area contributed by atoms with Crippen LogP contribution in [0.25, 0.3) is 11.7 Å². The van der Waals surface area contributed by atoms with Crippen LogP contribution >= 0.6 is 11.6 Å². The molecule has 30 heavy (non-hydrogen) atoms.